The number of nitrogens with two attached hydrogens (primary N) is 1. The quantitative estimate of drug-likeness (QED) is 0.356. The van der Waals surface area contributed by atoms with Crippen LogP contribution < -0.4 is 11.2 Å². The Morgan fingerprint density at radius 3 is 2.31 bits per heavy atom. The fourth-order valence-corrected chi connectivity index (χ4v) is 1.71. The molecular formula is C11H17BN2O2. The predicted octanol–water partition coefficient (Wildman–Crippen LogP) is 1.58. The van der Waals surface area contributed by atoms with Crippen LogP contribution >= 0.6 is 0 Å². The molecule has 0 atom stereocenters. The van der Waals surface area contributed by atoms with Crippen molar-refractivity contribution >= 4 is 24.1 Å². The molecule has 1 aromatic rings. The normalized spacial score (nSPS) is 11.2. The summed E-state index contributed by atoms with van der Waals surface area (Å²) in [4.78, 5) is 10.6. The Labute approximate surface area is 96.2 Å². The molecule has 1 aromatic carbocycles. The van der Waals surface area contributed by atoms with Gasteiger partial charge < -0.3 is 5.73 Å². The van der Waals surface area contributed by atoms with E-state index in [1.807, 2.05) is 33.7 Å². The molecule has 0 aromatic heterocycles. The molecule has 0 heterocycles. The van der Waals surface area contributed by atoms with Crippen molar-refractivity contribution in [1.82, 2.24) is 0 Å². The van der Waals surface area contributed by atoms with Crippen molar-refractivity contribution in [2.75, 3.05) is 5.73 Å². The van der Waals surface area contributed by atoms with Crippen LogP contribution in [0.1, 0.15) is 26.3 Å². The van der Waals surface area contributed by atoms with Crippen LogP contribution in [0.25, 0.3) is 0 Å². The standard InChI is InChI=1S/C11H17BN2O2/c1-11(2,3)7-5-8(12-4)9(13)6-10(7)14(15)16/h5-6,12H,13H2,1-4H3. The van der Waals surface area contributed by atoms with E-state index in [2.05, 4.69) is 0 Å². The first-order valence-electron chi connectivity index (χ1n) is 5.34. The number of hydrogen-bond donors (Lipinski definition) is 1. The van der Waals surface area contributed by atoms with Crippen molar-refractivity contribution in [2.24, 2.45) is 0 Å². The van der Waals surface area contributed by atoms with Crippen LogP contribution in [0.4, 0.5) is 11.4 Å². The van der Waals surface area contributed by atoms with Crippen LogP contribution in [-0.2, 0) is 5.41 Å². The second kappa shape index (κ2) is 4.16. The largest absolute Gasteiger partial charge is 0.399 e. The van der Waals surface area contributed by atoms with Gasteiger partial charge in [-0.25, -0.2) is 0 Å². The van der Waals surface area contributed by atoms with Gasteiger partial charge in [-0.15, -0.1) is 0 Å². The van der Waals surface area contributed by atoms with E-state index in [1.54, 1.807) is 0 Å². The van der Waals surface area contributed by atoms with Crippen LogP contribution in [0, 0.1) is 10.1 Å². The first-order chi connectivity index (χ1) is 7.27. The van der Waals surface area contributed by atoms with Crippen LogP contribution in [0.2, 0.25) is 6.82 Å². The number of nitrogen functional groups attached to an aromatic ring is 1. The summed E-state index contributed by atoms with van der Waals surface area (Å²) in [5.74, 6) is 0. The number of benzene rings is 1. The van der Waals surface area contributed by atoms with E-state index in [-0.39, 0.29) is 16.0 Å². The minimum absolute atomic E-state index is 0.113. The van der Waals surface area contributed by atoms with Gasteiger partial charge in [0.15, 0.2) is 7.28 Å². The zero-order valence-electron chi connectivity index (χ0n) is 10.2. The second-order valence-corrected chi connectivity index (χ2v) is 4.93. The highest BCUT2D eigenvalue weighted by Gasteiger charge is 2.25. The summed E-state index contributed by atoms with van der Waals surface area (Å²) in [5, 5.41) is 11.0. The van der Waals surface area contributed by atoms with E-state index in [1.165, 1.54) is 6.07 Å². The molecule has 0 aliphatic carbocycles. The van der Waals surface area contributed by atoms with Gasteiger partial charge in [-0.1, -0.05) is 39.1 Å². The fourth-order valence-electron chi connectivity index (χ4n) is 1.71. The lowest BCUT2D eigenvalue weighted by Gasteiger charge is -2.20. The third-order valence-corrected chi connectivity index (χ3v) is 2.64. The topological polar surface area (TPSA) is 69.2 Å². The summed E-state index contributed by atoms with van der Waals surface area (Å²) >= 11 is 0. The van der Waals surface area contributed by atoms with Crippen molar-refractivity contribution in [3.63, 3.8) is 0 Å². The highest BCUT2D eigenvalue weighted by atomic mass is 16.6. The predicted molar refractivity (Wildman–Crippen MR) is 68.9 cm³/mol. The Balaban J connectivity index is 3.49. The second-order valence-electron chi connectivity index (χ2n) is 4.93. The number of nitro benzene ring substituents is 1. The highest BCUT2D eigenvalue weighted by Crippen LogP contribution is 2.31. The van der Waals surface area contributed by atoms with Crippen molar-refractivity contribution < 1.29 is 4.92 Å². The van der Waals surface area contributed by atoms with Crippen LogP contribution in [0.5, 0.6) is 0 Å². The van der Waals surface area contributed by atoms with Gasteiger partial charge in [0.25, 0.3) is 5.69 Å². The monoisotopic (exact) mass is 220 g/mol. The third kappa shape index (κ3) is 2.35. The van der Waals surface area contributed by atoms with Gasteiger partial charge in [-0.05, 0) is 5.41 Å². The lowest BCUT2D eigenvalue weighted by Crippen LogP contribution is -2.22. The Kier molecular flexibility index (Phi) is 3.26. The lowest BCUT2D eigenvalue weighted by molar-refractivity contribution is -0.385. The van der Waals surface area contributed by atoms with Gasteiger partial charge in [-0.3, -0.25) is 10.1 Å². The molecule has 0 fully saturated rings. The third-order valence-electron chi connectivity index (χ3n) is 2.64. The maximum absolute atomic E-state index is 11.0. The number of hydrogen-bond acceptors (Lipinski definition) is 3. The van der Waals surface area contributed by atoms with Gasteiger partial charge >= 0.3 is 0 Å². The van der Waals surface area contributed by atoms with Crippen molar-refractivity contribution in [3.8, 4) is 0 Å². The molecule has 0 spiro atoms. The van der Waals surface area contributed by atoms with Gasteiger partial charge in [-0.2, -0.15) is 0 Å². The summed E-state index contributed by atoms with van der Waals surface area (Å²) in [6.07, 6.45) is 0. The summed E-state index contributed by atoms with van der Waals surface area (Å²) in [6, 6.07) is 3.33. The summed E-state index contributed by atoms with van der Waals surface area (Å²) in [7, 11) is 0.785. The Bertz CT molecular complexity index is 425. The van der Waals surface area contributed by atoms with Gasteiger partial charge in [0, 0.05) is 17.3 Å². The first-order valence-corrected chi connectivity index (χ1v) is 5.34. The maximum Gasteiger partial charge on any atom is 0.275 e. The van der Waals surface area contributed by atoms with Crippen LogP contribution in [0.15, 0.2) is 12.1 Å². The summed E-state index contributed by atoms with van der Waals surface area (Å²) in [5.41, 5.74) is 7.85. The van der Waals surface area contributed by atoms with Crippen LogP contribution in [-0.4, -0.2) is 12.2 Å². The molecule has 0 unspecified atom stereocenters. The molecule has 0 saturated carbocycles. The average molecular weight is 220 g/mol. The minimum Gasteiger partial charge on any atom is -0.399 e. The molecular weight excluding hydrogens is 203 g/mol. The first kappa shape index (κ1) is 12.6. The maximum atomic E-state index is 11.0. The van der Waals surface area contributed by atoms with E-state index in [4.69, 9.17) is 5.73 Å². The molecule has 0 bridgehead atoms. The fraction of sp³-hybridized carbons (Fsp3) is 0.455. The molecule has 1 rings (SSSR count). The molecule has 0 aliphatic rings. The Morgan fingerprint density at radius 2 is 1.94 bits per heavy atom. The molecule has 5 heteroatoms. The number of rotatable bonds is 2. The Morgan fingerprint density at radius 1 is 1.38 bits per heavy atom. The number of nitro groups is 1. The van der Waals surface area contributed by atoms with E-state index in [0.29, 0.717) is 5.69 Å². The SMILES string of the molecule is CBc1cc(C(C)(C)C)c([N+](=O)[O-])cc1N. The molecule has 4 nitrogen and oxygen atoms in total. The number of nitrogens with zero attached hydrogens (tertiary/aromatic N) is 1. The zero-order chi connectivity index (χ0) is 12.5. The highest BCUT2D eigenvalue weighted by molar-refractivity contribution is 6.54. The van der Waals surface area contributed by atoms with Gasteiger partial charge in [0.05, 0.1) is 4.92 Å². The molecule has 2 N–H and O–H groups in total. The molecule has 0 aliphatic heterocycles. The molecule has 0 radical (unpaired) electrons. The molecule has 0 saturated heterocycles. The minimum atomic E-state index is -0.365. The van der Waals surface area contributed by atoms with Crippen molar-refractivity contribution in [3.05, 3.63) is 27.8 Å². The van der Waals surface area contributed by atoms with E-state index < -0.39 is 0 Å². The molecule has 16 heavy (non-hydrogen) atoms. The van der Waals surface area contributed by atoms with Crippen molar-refractivity contribution in [2.45, 2.75) is 33.0 Å². The van der Waals surface area contributed by atoms with Crippen molar-refractivity contribution in [1.29, 1.82) is 0 Å². The Hall–Kier alpha value is -1.52. The van der Waals surface area contributed by atoms with Gasteiger partial charge in [0.2, 0.25) is 0 Å². The lowest BCUT2D eigenvalue weighted by atomic mass is 9.70. The van der Waals surface area contributed by atoms with Gasteiger partial charge in [0.1, 0.15) is 0 Å². The molecule has 0 amide bonds. The zero-order valence-corrected chi connectivity index (χ0v) is 10.2. The van der Waals surface area contributed by atoms with Crippen LogP contribution in [0.3, 0.4) is 0 Å². The number of anilines is 1. The van der Waals surface area contributed by atoms with E-state index in [9.17, 15) is 10.1 Å². The smallest absolute Gasteiger partial charge is 0.275 e. The summed E-state index contributed by atoms with van der Waals surface area (Å²) < 4.78 is 0. The van der Waals surface area contributed by atoms with E-state index >= 15 is 0 Å². The average Bonchev–Trinajstić information content (AvgIpc) is 2.15. The summed E-state index contributed by atoms with van der Waals surface area (Å²) in [6.45, 7) is 7.88. The molecule has 86 valence electrons. The van der Waals surface area contributed by atoms with E-state index in [0.717, 1.165) is 18.3 Å².